The van der Waals surface area contributed by atoms with Crippen molar-refractivity contribution < 1.29 is 0 Å². The average molecular weight is 383 g/mol. The van der Waals surface area contributed by atoms with Crippen molar-refractivity contribution >= 4 is 48.2 Å². The van der Waals surface area contributed by atoms with E-state index in [9.17, 15) is 0 Å². The van der Waals surface area contributed by atoms with Crippen molar-refractivity contribution in [2.24, 2.45) is 0 Å². The van der Waals surface area contributed by atoms with Gasteiger partial charge in [0.2, 0.25) is 0 Å². The first-order chi connectivity index (χ1) is 12.3. The van der Waals surface area contributed by atoms with Gasteiger partial charge in [-0.05, 0) is 55.6 Å². The Bertz CT molecular complexity index is 1190. The minimum atomic E-state index is 1.10. The van der Waals surface area contributed by atoms with Gasteiger partial charge in [0.25, 0.3) is 0 Å². The van der Waals surface area contributed by atoms with Gasteiger partial charge in [-0.2, -0.15) is 0 Å². The highest BCUT2D eigenvalue weighted by molar-refractivity contribution is 9.10. The van der Waals surface area contributed by atoms with E-state index in [2.05, 4.69) is 107 Å². The van der Waals surface area contributed by atoms with Gasteiger partial charge in [0.1, 0.15) is 0 Å². The second-order valence-corrected chi connectivity index (χ2v) is 7.24. The first-order valence-corrected chi connectivity index (χ1v) is 9.20. The first kappa shape index (κ1) is 14.7. The Morgan fingerprint density at radius 2 is 0.920 bits per heavy atom. The Balaban J connectivity index is 2.03. The lowest BCUT2D eigenvalue weighted by Gasteiger charge is -2.14. The van der Waals surface area contributed by atoms with Crippen molar-refractivity contribution in [3.05, 3.63) is 95.5 Å². The number of benzene rings is 5. The van der Waals surface area contributed by atoms with Crippen LogP contribution in [0.4, 0.5) is 0 Å². The van der Waals surface area contributed by atoms with E-state index in [1.807, 2.05) is 0 Å². The van der Waals surface area contributed by atoms with Crippen LogP contribution in [0.1, 0.15) is 0 Å². The highest BCUT2D eigenvalue weighted by atomic mass is 79.9. The van der Waals surface area contributed by atoms with E-state index in [0.29, 0.717) is 0 Å². The van der Waals surface area contributed by atoms with E-state index in [4.69, 9.17) is 0 Å². The second kappa shape index (κ2) is 5.72. The largest absolute Gasteiger partial charge is 0.0616 e. The molecule has 0 fully saturated rings. The Hall–Kier alpha value is -2.64. The van der Waals surface area contributed by atoms with Crippen molar-refractivity contribution in [3.8, 4) is 11.1 Å². The van der Waals surface area contributed by atoms with Gasteiger partial charge in [0.15, 0.2) is 0 Å². The molecule has 0 aliphatic carbocycles. The zero-order valence-corrected chi connectivity index (χ0v) is 15.1. The molecule has 5 aromatic carbocycles. The maximum Gasteiger partial charge on any atom is 0.0175 e. The van der Waals surface area contributed by atoms with Crippen LogP contribution in [0.25, 0.3) is 43.4 Å². The fourth-order valence-electron chi connectivity index (χ4n) is 3.83. The van der Waals surface area contributed by atoms with Crippen LogP contribution in [0, 0.1) is 0 Å². The Labute approximate surface area is 154 Å². The standard InChI is InChI=1S/C24H15Br/c25-17-14-12-16(13-15-17)18-10-5-11-23-21-7-2-1-6-19(21)20-8-3-4-9-22(20)24(18)23/h1-15H. The van der Waals surface area contributed by atoms with E-state index < -0.39 is 0 Å². The second-order valence-electron chi connectivity index (χ2n) is 6.33. The molecule has 5 aromatic rings. The summed E-state index contributed by atoms with van der Waals surface area (Å²) >= 11 is 3.54. The van der Waals surface area contributed by atoms with Crippen molar-refractivity contribution in [2.75, 3.05) is 0 Å². The molecule has 0 aromatic heterocycles. The van der Waals surface area contributed by atoms with E-state index in [1.54, 1.807) is 0 Å². The summed E-state index contributed by atoms with van der Waals surface area (Å²) in [6.45, 7) is 0. The van der Waals surface area contributed by atoms with E-state index in [-0.39, 0.29) is 0 Å². The minimum Gasteiger partial charge on any atom is -0.0616 e. The third-order valence-electron chi connectivity index (χ3n) is 4.92. The molecule has 0 amide bonds. The van der Waals surface area contributed by atoms with Gasteiger partial charge >= 0.3 is 0 Å². The van der Waals surface area contributed by atoms with Crippen molar-refractivity contribution in [3.63, 3.8) is 0 Å². The highest BCUT2D eigenvalue weighted by Crippen LogP contribution is 2.40. The molecule has 0 atom stereocenters. The molecule has 118 valence electrons. The molecule has 0 unspecified atom stereocenters. The quantitative estimate of drug-likeness (QED) is 0.262. The van der Waals surface area contributed by atoms with Gasteiger partial charge in [-0.3, -0.25) is 0 Å². The molecule has 0 radical (unpaired) electrons. The van der Waals surface area contributed by atoms with Crippen LogP contribution >= 0.6 is 15.9 Å². The molecule has 0 bridgehead atoms. The van der Waals surface area contributed by atoms with E-state index >= 15 is 0 Å². The lowest BCUT2D eigenvalue weighted by Crippen LogP contribution is -1.86. The van der Waals surface area contributed by atoms with Crippen LogP contribution in [0.15, 0.2) is 95.5 Å². The third-order valence-corrected chi connectivity index (χ3v) is 5.45. The monoisotopic (exact) mass is 382 g/mol. The van der Waals surface area contributed by atoms with Gasteiger partial charge in [-0.1, -0.05) is 94.8 Å². The van der Waals surface area contributed by atoms with E-state index in [0.717, 1.165) is 4.47 Å². The molecular weight excluding hydrogens is 368 g/mol. The molecular formula is C24H15Br. The van der Waals surface area contributed by atoms with Gasteiger partial charge < -0.3 is 0 Å². The van der Waals surface area contributed by atoms with Gasteiger partial charge in [0, 0.05) is 4.47 Å². The number of rotatable bonds is 1. The predicted molar refractivity (Wildman–Crippen MR) is 112 cm³/mol. The third kappa shape index (κ3) is 2.27. The smallest absolute Gasteiger partial charge is 0.0175 e. The van der Waals surface area contributed by atoms with Crippen molar-refractivity contribution in [1.29, 1.82) is 0 Å². The predicted octanol–water partition coefficient (Wildman–Crippen LogP) is 7.58. The number of hydrogen-bond acceptors (Lipinski definition) is 0. The normalized spacial score (nSPS) is 11.4. The molecule has 0 saturated heterocycles. The van der Waals surface area contributed by atoms with Crippen molar-refractivity contribution in [1.82, 2.24) is 0 Å². The molecule has 0 aliphatic rings. The van der Waals surface area contributed by atoms with Crippen LogP contribution in [0.3, 0.4) is 0 Å². The molecule has 0 spiro atoms. The lowest BCUT2D eigenvalue weighted by molar-refractivity contribution is 1.62. The maximum atomic E-state index is 3.54. The van der Waals surface area contributed by atoms with Crippen LogP contribution in [0.2, 0.25) is 0 Å². The molecule has 1 heteroatoms. The fraction of sp³-hybridized carbons (Fsp3) is 0. The van der Waals surface area contributed by atoms with Crippen LogP contribution in [0.5, 0.6) is 0 Å². The fourth-order valence-corrected chi connectivity index (χ4v) is 4.09. The molecule has 0 N–H and O–H groups in total. The summed E-state index contributed by atoms with van der Waals surface area (Å²) in [5.74, 6) is 0. The summed E-state index contributed by atoms with van der Waals surface area (Å²) in [4.78, 5) is 0. The SMILES string of the molecule is Brc1ccc(-c2cccc3c4ccccc4c4ccccc4c23)cc1. The zero-order chi connectivity index (χ0) is 16.8. The van der Waals surface area contributed by atoms with Crippen molar-refractivity contribution in [2.45, 2.75) is 0 Å². The lowest BCUT2D eigenvalue weighted by atomic mass is 9.89. The molecule has 25 heavy (non-hydrogen) atoms. The molecule has 5 rings (SSSR count). The van der Waals surface area contributed by atoms with Gasteiger partial charge in [0.05, 0.1) is 0 Å². The van der Waals surface area contributed by atoms with Crippen LogP contribution in [-0.4, -0.2) is 0 Å². The summed E-state index contributed by atoms with van der Waals surface area (Å²) in [6.07, 6.45) is 0. The number of halogens is 1. The number of fused-ring (bicyclic) bond motifs is 6. The van der Waals surface area contributed by atoms with Gasteiger partial charge in [-0.25, -0.2) is 0 Å². The van der Waals surface area contributed by atoms with E-state index in [1.165, 1.54) is 43.4 Å². The summed E-state index contributed by atoms with van der Waals surface area (Å²) < 4.78 is 1.10. The summed E-state index contributed by atoms with van der Waals surface area (Å²) in [6, 6.07) is 32.7. The maximum absolute atomic E-state index is 3.54. The average Bonchev–Trinajstić information content (AvgIpc) is 2.68. The highest BCUT2D eigenvalue weighted by Gasteiger charge is 2.12. The Kier molecular flexibility index (Phi) is 3.36. The van der Waals surface area contributed by atoms with Gasteiger partial charge in [-0.15, -0.1) is 0 Å². The Morgan fingerprint density at radius 1 is 0.440 bits per heavy atom. The zero-order valence-electron chi connectivity index (χ0n) is 13.5. The summed E-state index contributed by atoms with van der Waals surface area (Å²) in [5, 5.41) is 7.91. The van der Waals surface area contributed by atoms with Crippen LogP contribution in [-0.2, 0) is 0 Å². The molecule has 0 aliphatic heterocycles. The van der Waals surface area contributed by atoms with Crippen LogP contribution < -0.4 is 0 Å². The molecule has 0 saturated carbocycles. The summed E-state index contributed by atoms with van der Waals surface area (Å²) in [5.41, 5.74) is 2.53. The minimum absolute atomic E-state index is 1.10. The number of hydrogen-bond donors (Lipinski definition) is 0. The molecule has 0 heterocycles. The Morgan fingerprint density at radius 3 is 1.52 bits per heavy atom. The molecule has 0 nitrogen and oxygen atoms in total. The topological polar surface area (TPSA) is 0 Å². The summed E-state index contributed by atoms with van der Waals surface area (Å²) in [7, 11) is 0. The first-order valence-electron chi connectivity index (χ1n) is 8.41.